The minimum Gasteiger partial charge on any atom is -0.324 e. The number of carbonyl (C=O) groups is 1. The average Bonchev–Trinajstić information content (AvgIpc) is 2.80. The summed E-state index contributed by atoms with van der Waals surface area (Å²) >= 11 is 0. The molecule has 3 rings (SSSR count). The molecule has 1 N–H and O–H groups in total. The topological polar surface area (TPSA) is 68.9 Å². The molecule has 0 saturated carbocycles. The Bertz CT molecular complexity index is 778. The monoisotopic (exact) mass is 304 g/mol. The molecule has 6 nitrogen and oxygen atoms in total. The molecule has 0 unspecified atom stereocenters. The van der Waals surface area contributed by atoms with E-state index in [0.717, 1.165) is 25.1 Å². The lowest BCUT2D eigenvalue weighted by Gasteiger charge is -2.09. The summed E-state index contributed by atoms with van der Waals surface area (Å²) in [6.45, 7) is 2.13. The maximum Gasteiger partial charge on any atom is 0.346 e. The van der Waals surface area contributed by atoms with Crippen LogP contribution in [-0.2, 0) is 24.3 Å². The number of anilines is 1. The van der Waals surface area contributed by atoms with Crippen molar-refractivity contribution in [1.29, 1.82) is 0 Å². The number of halogens is 1. The molecule has 0 atom stereocenters. The molecule has 0 fully saturated rings. The zero-order chi connectivity index (χ0) is 15.7. The van der Waals surface area contributed by atoms with Crippen molar-refractivity contribution in [2.24, 2.45) is 0 Å². The predicted molar refractivity (Wildman–Crippen MR) is 79.2 cm³/mol. The van der Waals surface area contributed by atoms with Crippen molar-refractivity contribution in [1.82, 2.24) is 14.3 Å². The van der Waals surface area contributed by atoms with Crippen molar-refractivity contribution in [3.8, 4) is 0 Å². The minimum atomic E-state index is -0.402. The van der Waals surface area contributed by atoms with Gasteiger partial charge in [-0.3, -0.25) is 9.36 Å². The van der Waals surface area contributed by atoms with Crippen molar-refractivity contribution in [3.63, 3.8) is 0 Å². The molecule has 2 heterocycles. The lowest BCUT2D eigenvalue weighted by Crippen LogP contribution is -2.30. The van der Waals surface area contributed by atoms with Crippen LogP contribution in [0.2, 0.25) is 0 Å². The number of fused-ring (bicyclic) bond motifs is 1. The van der Waals surface area contributed by atoms with Crippen LogP contribution in [0.1, 0.15) is 24.2 Å². The minimum absolute atomic E-state index is 0.172. The molecule has 0 radical (unpaired) electrons. The highest BCUT2D eigenvalue weighted by atomic mass is 19.1. The number of carbonyl (C=O) groups excluding carboxylic acids is 1. The molecule has 2 aromatic rings. The van der Waals surface area contributed by atoms with Gasteiger partial charge < -0.3 is 5.32 Å². The maximum absolute atomic E-state index is 13.5. The normalized spacial score (nSPS) is 13.7. The Morgan fingerprint density at radius 1 is 1.41 bits per heavy atom. The molecule has 1 aromatic heterocycles. The van der Waals surface area contributed by atoms with Crippen molar-refractivity contribution in [2.75, 3.05) is 5.32 Å². The van der Waals surface area contributed by atoms with Crippen molar-refractivity contribution in [3.05, 3.63) is 45.9 Å². The van der Waals surface area contributed by atoms with E-state index in [2.05, 4.69) is 10.4 Å². The molecule has 1 aliphatic rings. The predicted octanol–water partition coefficient (Wildman–Crippen LogP) is 1.47. The van der Waals surface area contributed by atoms with Gasteiger partial charge in [-0.15, -0.1) is 0 Å². The summed E-state index contributed by atoms with van der Waals surface area (Å²) in [7, 11) is 0. The molecule has 116 valence electrons. The van der Waals surface area contributed by atoms with E-state index >= 15 is 0 Å². The molecule has 0 saturated heterocycles. The molecule has 1 aromatic carbocycles. The number of hydrogen-bond acceptors (Lipinski definition) is 3. The van der Waals surface area contributed by atoms with Crippen molar-refractivity contribution < 1.29 is 9.18 Å². The molecular weight excluding hydrogens is 287 g/mol. The maximum atomic E-state index is 13.5. The van der Waals surface area contributed by atoms with Gasteiger partial charge in [0.05, 0.1) is 0 Å². The smallest absolute Gasteiger partial charge is 0.324 e. The zero-order valence-corrected chi connectivity index (χ0v) is 12.3. The van der Waals surface area contributed by atoms with E-state index in [0.29, 0.717) is 17.8 Å². The first-order valence-corrected chi connectivity index (χ1v) is 7.27. The highest BCUT2D eigenvalue weighted by Crippen LogP contribution is 2.13. The van der Waals surface area contributed by atoms with Gasteiger partial charge in [0.2, 0.25) is 5.91 Å². The Hall–Kier alpha value is -2.44. The van der Waals surface area contributed by atoms with E-state index in [1.165, 1.54) is 10.7 Å². The summed E-state index contributed by atoms with van der Waals surface area (Å²) in [5, 5.41) is 6.77. The first-order valence-electron chi connectivity index (χ1n) is 7.27. The number of aromatic nitrogens is 3. The third-order valence-corrected chi connectivity index (χ3v) is 3.78. The van der Waals surface area contributed by atoms with E-state index < -0.39 is 5.91 Å². The number of benzene rings is 1. The summed E-state index contributed by atoms with van der Waals surface area (Å²) < 4.78 is 16.2. The fourth-order valence-electron chi connectivity index (χ4n) is 2.56. The average molecular weight is 304 g/mol. The fraction of sp³-hybridized carbons (Fsp3) is 0.400. The Balaban J connectivity index is 1.73. The summed E-state index contributed by atoms with van der Waals surface area (Å²) in [5.74, 6) is -0.0568. The molecule has 1 aliphatic heterocycles. The molecular formula is C15H17FN4O2. The van der Waals surface area contributed by atoms with Gasteiger partial charge in [0.15, 0.2) is 0 Å². The van der Waals surface area contributed by atoms with Crippen LogP contribution in [0.15, 0.2) is 23.0 Å². The molecule has 1 amide bonds. The van der Waals surface area contributed by atoms with Crippen molar-refractivity contribution >= 4 is 11.6 Å². The lowest BCUT2D eigenvalue weighted by molar-refractivity contribution is -0.117. The molecule has 0 aliphatic carbocycles. The second-order valence-electron chi connectivity index (χ2n) is 5.48. The Labute approximate surface area is 126 Å². The highest BCUT2D eigenvalue weighted by molar-refractivity contribution is 5.90. The largest absolute Gasteiger partial charge is 0.346 e. The second kappa shape index (κ2) is 5.75. The number of hydrogen-bond donors (Lipinski definition) is 1. The van der Waals surface area contributed by atoms with Gasteiger partial charge in [-0.05, 0) is 37.5 Å². The standard InChI is InChI=1S/C15H17FN4O2/c1-10-5-6-11(8-12(10)16)17-14(21)9-20-15(22)19-7-3-2-4-13(19)18-20/h5-6,8H,2-4,7,9H2,1H3,(H,17,21). The van der Waals surface area contributed by atoms with Crippen LogP contribution in [0.25, 0.3) is 0 Å². The van der Waals surface area contributed by atoms with Gasteiger partial charge in [-0.1, -0.05) is 6.07 Å². The van der Waals surface area contributed by atoms with Gasteiger partial charge in [-0.25, -0.2) is 13.9 Å². The van der Waals surface area contributed by atoms with Crippen LogP contribution >= 0.6 is 0 Å². The third-order valence-electron chi connectivity index (χ3n) is 3.78. The van der Waals surface area contributed by atoms with E-state index in [-0.39, 0.29) is 18.1 Å². The first-order chi connectivity index (χ1) is 10.5. The zero-order valence-electron chi connectivity index (χ0n) is 12.3. The summed E-state index contributed by atoms with van der Waals surface area (Å²) in [6, 6.07) is 4.47. The summed E-state index contributed by atoms with van der Waals surface area (Å²) in [5.41, 5.74) is 0.612. The van der Waals surface area contributed by atoms with Crippen LogP contribution in [0, 0.1) is 12.7 Å². The van der Waals surface area contributed by atoms with E-state index in [4.69, 9.17) is 0 Å². The third kappa shape index (κ3) is 2.79. The number of rotatable bonds is 3. The Morgan fingerprint density at radius 2 is 2.23 bits per heavy atom. The van der Waals surface area contributed by atoms with Gasteiger partial charge in [0.25, 0.3) is 0 Å². The van der Waals surface area contributed by atoms with E-state index in [1.807, 2.05) is 0 Å². The molecule has 0 bridgehead atoms. The van der Waals surface area contributed by atoms with Crippen molar-refractivity contribution in [2.45, 2.75) is 39.3 Å². The number of amides is 1. The fourth-order valence-corrected chi connectivity index (χ4v) is 2.56. The second-order valence-corrected chi connectivity index (χ2v) is 5.48. The van der Waals surface area contributed by atoms with Gasteiger partial charge >= 0.3 is 5.69 Å². The number of nitrogens with one attached hydrogen (secondary N) is 1. The van der Waals surface area contributed by atoms with Crippen LogP contribution in [0.3, 0.4) is 0 Å². The van der Waals surface area contributed by atoms with Crippen LogP contribution in [0.4, 0.5) is 10.1 Å². The summed E-state index contributed by atoms with van der Waals surface area (Å²) in [6.07, 6.45) is 2.71. The highest BCUT2D eigenvalue weighted by Gasteiger charge is 2.18. The Kier molecular flexibility index (Phi) is 3.79. The van der Waals surface area contributed by atoms with Crippen LogP contribution in [-0.4, -0.2) is 20.3 Å². The van der Waals surface area contributed by atoms with Crippen LogP contribution < -0.4 is 11.0 Å². The van der Waals surface area contributed by atoms with Crippen LogP contribution in [0.5, 0.6) is 0 Å². The molecule has 22 heavy (non-hydrogen) atoms. The number of nitrogens with zero attached hydrogens (tertiary/aromatic N) is 3. The van der Waals surface area contributed by atoms with Gasteiger partial charge in [0.1, 0.15) is 18.2 Å². The molecule has 7 heteroatoms. The quantitative estimate of drug-likeness (QED) is 0.933. The summed E-state index contributed by atoms with van der Waals surface area (Å²) in [4.78, 5) is 24.1. The first kappa shape index (κ1) is 14.5. The van der Waals surface area contributed by atoms with E-state index in [1.54, 1.807) is 23.6 Å². The molecule has 0 spiro atoms. The van der Waals surface area contributed by atoms with Gasteiger partial charge in [-0.2, -0.15) is 5.10 Å². The SMILES string of the molecule is Cc1ccc(NC(=O)Cn2nc3n(c2=O)CCCC3)cc1F. The lowest BCUT2D eigenvalue weighted by atomic mass is 10.2. The van der Waals surface area contributed by atoms with Gasteiger partial charge in [0, 0.05) is 18.7 Å². The Morgan fingerprint density at radius 3 is 2.95 bits per heavy atom. The number of aryl methyl sites for hydroxylation is 2. The van der Waals surface area contributed by atoms with E-state index in [9.17, 15) is 14.0 Å².